The van der Waals surface area contributed by atoms with Crippen LogP contribution in [0.3, 0.4) is 0 Å². The van der Waals surface area contributed by atoms with Crippen molar-refractivity contribution in [2.24, 2.45) is 0 Å². The van der Waals surface area contributed by atoms with Gasteiger partial charge < -0.3 is 14.2 Å². The monoisotopic (exact) mass is 865 g/mol. The van der Waals surface area contributed by atoms with Gasteiger partial charge in [-0.25, -0.2) is 0 Å². The zero-order valence-corrected chi connectivity index (χ0v) is 40.6. The van der Waals surface area contributed by atoms with E-state index in [-0.39, 0.29) is 37.5 Å². The van der Waals surface area contributed by atoms with Gasteiger partial charge in [0.25, 0.3) is 0 Å². The highest BCUT2D eigenvalue weighted by molar-refractivity contribution is 5.71. The minimum atomic E-state index is -0.812. The molecule has 0 N–H and O–H groups in total. The van der Waals surface area contributed by atoms with Gasteiger partial charge in [-0.1, -0.05) is 222 Å². The van der Waals surface area contributed by atoms with E-state index in [1.54, 1.807) is 0 Å². The van der Waals surface area contributed by atoms with E-state index in [0.29, 0.717) is 19.3 Å². The molecule has 356 valence electrons. The second kappa shape index (κ2) is 50.5. The summed E-state index contributed by atoms with van der Waals surface area (Å²) in [4.78, 5) is 37.9. The van der Waals surface area contributed by atoms with Crippen molar-refractivity contribution in [1.29, 1.82) is 0 Å². The van der Waals surface area contributed by atoms with Gasteiger partial charge in [-0.2, -0.15) is 0 Å². The molecule has 6 nitrogen and oxygen atoms in total. The number of allylic oxidation sites excluding steroid dienone is 12. The fraction of sp³-hybridized carbons (Fsp3) is 0.732. The molecule has 62 heavy (non-hydrogen) atoms. The molecule has 0 aliphatic heterocycles. The van der Waals surface area contributed by atoms with Gasteiger partial charge in [0, 0.05) is 19.3 Å². The van der Waals surface area contributed by atoms with Gasteiger partial charge in [-0.3, -0.25) is 14.4 Å². The fourth-order valence-corrected chi connectivity index (χ4v) is 7.07. The van der Waals surface area contributed by atoms with Crippen molar-refractivity contribution in [2.75, 3.05) is 13.2 Å². The normalized spacial score (nSPS) is 12.6. The lowest BCUT2D eigenvalue weighted by Gasteiger charge is -2.18. The van der Waals surface area contributed by atoms with Crippen LogP contribution >= 0.6 is 0 Å². The zero-order chi connectivity index (χ0) is 45.1. The maximum absolute atomic E-state index is 12.7. The van der Waals surface area contributed by atoms with Gasteiger partial charge in [-0.15, -0.1) is 0 Å². The van der Waals surface area contributed by atoms with Gasteiger partial charge in [0.2, 0.25) is 0 Å². The van der Waals surface area contributed by atoms with Crippen molar-refractivity contribution in [3.05, 3.63) is 72.9 Å². The molecule has 0 fully saturated rings. The summed E-state index contributed by atoms with van der Waals surface area (Å²) in [6.07, 6.45) is 63.3. The van der Waals surface area contributed by atoms with Crippen molar-refractivity contribution in [2.45, 2.75) is 252 Å². The standard InChI is InChI=1S/C56H96O6/c1-4-7-10-13-16-19-22-25-26-27-28-29-30-32-34-37-40-43-46-49-55(58)61-52-53(51-60-54(57)48-45-42-39-36-33-24-21-18-15-12-9-6-3)62-56(59)50-47-44-41-38-35-31-23-20-17-14-11-8-5-2/h8,11,16-17,19-20,25-26,31,35,41,44,53H,4-7,9-10,12-15,18,21-24,27-30,32-34,36-40,42-43,45-52H2,1-3H3/b11-8-,19-16-,20-17-,26-25-,35-31-,44-41-. The molecule has 6 heteroatoms. The molecule has 0 heterocycles. The summed E-state index contributed by atoms with van der Waals surface area (Å²) in [5.74, 6) is -0.988. The minimum Gasteiger partial charge on any atom is -0.462 e. The van der Waals surface area contributed by atoms with Crippen LogP contribution in [-0.4, -0.2) is 37.2 Å². The lowest BCUT2D eigenvalue weighted by atomic mass is 10.0. The van der Waals surface area contributed by atoms with Crippen LogP contribution in [-0.2, 0) is 28.6 Å². The minimum absolute atomic E-state index is 0.104. The second-order valence-corrected chi connectivity index (χ2v) is 17.1. The SMILES string of the molecule is CC/C=C\C/C=C\C/C=C\C/C=C\CCC(=O)OC(COC(=O)CCCCCCCCCCC/C=C\C/C=C\CCCCC)COC(=O)CCCCCCCCCCCCCC. The smallest absolute Gasteiger partial charge is 0.306 e. The van der Waals surface area contributed by atoms with E-state index in [2.05, 4.69) is 81.5 Å². The van der Waals surface area contributed by atoms with Crippen LogP contribution < -0.4 is 0 Å². The van der Waals surface area contributed by atoms with Crippen molar-refractivity contribution < 1.29 is 28.6 Å². The molecular weight excluding hydrogens is 769 g/mol. The summed E-state index contributed by atoms with van der Waals surface area (Å²) in [6.45, 7) is 6.43. The van der Waals surface area contributed by atoms with Crippen LogP contribution in [0.1, 0.15) is 245 Å². The van der Waals surface area contributed by atoms with E-state index in [1.165, 1.54) is 128 Å². The molecule has 0 saturated carbocycles. The topological polar surface area (TPSA) is 78.9 Å². The highest BCUT2D eigenvalue weighted by Crippen LogP contribution is 2.15. The predicted molar refractivity (Wildman–Crippen MR) is 265 cm³/mol. The first-order valence-corrected chi connectivity index (χ1v) is 25.9. The molecule has 0 radical (unpaired) electrons. The fourth-order valence-electron chi connectivity index (χ4n) is 7.07. The highest BCUT2D eigenvalue weighted by Gasteiger charge is 2.19. The summed E-state index contributed by atoms with van der Waals surface area (Å²) in [6, 6.07) is 0. The predicted octanol–water partition coefficient (Wildman–Crippen LogP) is 17.0. The van der Waals surface area contributed by atoms with Crippen LogP contribution in [0.15, 0.2) is 72.9 Å². The summed E-state index contributed by atoms with van der Waals surface area (Å²) < 4.78 is 16.7. The van der Waals surface area contributed by atoms with Crippen LogP contribution in [0.25, 0.3) is 0 Å². The van der Waals surface area contributed by atoms with Gasteiger partial charge in [0.15, 0.2) is 6.10 Å². The number of carbonyl (C=O) groups excluding carboxylic acids is 3. The van der Waals surface area contributed by atoms with Gasteiger partial charge in [-0.05, 0) is 77.0 Å². The van der Waals surface area contributed by atoms with Crippen molar-refractivity contribution in [3.63, 3.8) is 0 Å². The maximum atomic E-state index is 12.7. The molecule has 0 aliphatic carbocycles. The Labute approximate surface area is 382 Å². The largest absolute Gasteiger partial charge is 0.462 e. The van der Waals surface area contributed by atoms with E-state index >= 15 is 0 Å². The third kappa shape index (κ3) is 47.9. The quantitative estimate of drug-likeness (QED) is 0.0262. The van der Waals surface area contributed by atoms with E-state index in [0.717, 1.165) is 70.6 Å². The third-order valence-electron chi connectivity index (χ3n) is 11.0. The average molecular weight is 865 g/mol. The molecule has 1 atom stereocenters. The van der Waals surface area contributed by atoms with Crippen molar-refractivity contribution in [3.8, 4) is 0 Å². The number of esters is 3. The van der Waals surface area contributed by atoms with Crippen molar-refractivity contribution in [1.82, 2.24) is 0 Å². The third-order valence-corrected chi connectivity index (χ3v) is 11.0. The Kier molecular flexibility index (Phi) is 47.9. The Bertz CT molecular complexity index is 1180. The Balaban J connectivity index is 4.41. The lowest BCUT2D eigenvalue weighted by Crippen LogP contribution is -2.30. The first-order chi connectivity index (χ1) is 30.5. The molecule has 0 aromatic rings. The highest BCUT2D eigenvalue weighted by atomic mass is 16.6. The van der Waals surface area contributed by atoms with Crippen LogP contribution in [0.5, 0.6) is 0 Å². The van der Waals surface area contributed by atoms with Gasteiger partial charge >= 0.3 is 17.9 Å². The average Bonchev–Trinajstić information content (AvgIpc) is 3.27. The molecule has 0 saturated heterocycles. The number of hydrogen-bond donors (Lipinski definition) is 0. The summed E-state index contributed by atoms with van der Waals surface area (Å²) in [5, 5.41) is 0. The van der Waals surface area contributed by atoms with E-state index in [9.17, 15) is 14.4 Å². The number of unbranched alkanes of at least 4 members (excludes halogenated alkanes) is 23. The molecule has 0 aromatic heterocycles. The molecule has 0 amide bonds. The molecular formula is C56H96O6. The van der Waals surface area contributed by atoms with Crippen LogP contribution in [0, 0.1) is 0 Å². The van der Waals surface area contributed by atoms with Crippen LogP contribution in [0.4, 0.5) is 0 Å². The molecule has 0 spiro atoms. The number of carbonyl (C=O) groups is 3. The Morgan fingerprint density at radius 1 is 0.339 bits per heavy atom. The van der Waals surface area contributed by atoms with E-state index < -0.39 is 6.10 Å². The van der Waals surface area contributed by atoms with Gasteiger partial charge in [0.05, 0.1) is 0 Å². The second-order valence-electron chi connectivity index (χ2n) is 17.1. The number of rotatable bonds is 46. The number of ether oxygens (including phenoxy) is 3. The maximum Gasteiger partial charge on any atom is 0.306 e. The van der Waals surface area contributed by atoms with Crippen molar-refractivity contribution >= 4 is 17.9 Å². The molecule has 0 rings (SSSR count). The zero-order valence-electron chi connectivity index (χ0n) is 40.6. The first-order valence-electron chi connectivity index (χ1n) is 25.9. The molecule has 0 bridgehead atoms. The van der Waals surface area contributed by atoms with Gasteiger partial charge in [0.1, 0.15) is 13.2 Å². The van der Waals surface area contributed by atoms with E-state index in [4.69, 9.17) is 14.2 Å². The first kappa shape index (κ1) is 58.9. The Morgan fingerprint density at radius 3 is 1.08 bits per heavy atom. The molecule has 1 unspecified atom stereocenters. The summed E-state index contributed by atoms with van der Waals surface area (Å²) in [7, 11) is 0. The molecule has 0 aliphatic rings. The van der Waals surface area contributed by atoms with E-state index in [1.807, 2.05) is 12.2 Å². The van der Waals surface area contributed by atoms with Crippen LogP contribution in [0.2, 0.25) is 0 Å². The summed E-state index contributed by atoms with van der Waals surface area (Å²) >= 11 is 0. The molecule has 0 aromatic carbocycles. The lowest BCUT2D eigenvalue weighted by molar-refractivity contribution is -0.166. The summed E-state index contributed by atoms with van der Waals surface area (Å²) in [5.41, 5.74) is 0. The Hall–Kier alpha value is -3.15. The Morgan fingerprint density at radius 2 is 0.661 bits per heavy atom. The number of hydrogen-bond acceptors (Lipinski definition) is 6.